The minimum absolute atomic E-state index is 0.245. The van der Waals surface area contributed by atoms with Crippen LogP contribution in [0.4, 0.5) is 21.9 Å². The Hall–Kier alpha value is -3.67. The van der Waals surface area contributed by atoms with Gasteiger partial charge in [-0.3, -0.25) is 4.90 Å². The summed E-state index contributed by atoms with van der Waals surface area (Å²) >= 11 is 0. The first-order valence-electron chi connectivity index (χ1n) is 8.82. The smallest absolute Gasteiger partial charge is 0.326 e. The second-order valence-electron chi connectivity index (χ2n) is 6.11. The second kappa shape index (κ2) is 8.81. The zero-order chi connectivity index (χ0) is 19.9. The van der Waals surface area contributed by atoms with Crippen molar-refractivity contribution in [2.45, 2.75) is 6.54 Å². The van der Waals surface area contributed by atoms with Gasteiger partial charge in [-0.1, -0.05) is 24.3 Å². The highest BCUT2D eigenvalue weighted by molar-refractivity contribution is 5.99. The largest absolute Gasteiger partial charge is 0.493 e. The maximum Gasteiger partial charge on any atom is 0.326 e. The number of nitrogens with two attached hydrogens (primary N) is 1. The molecule has 28 heavy (non-hydrogen) atoms. The Balaban J connectivity index is 1.81. The highest BCUT2D eigenvalue weighted by Gasteiger charge is 2.18. The van der Waals surface area contributed by atoms with Crippen molar-refractivity contribution in [3.8, 4) is 11.5 Å². The predicted octanol–water partition coefficient (Wildman–Crippen LogP) is 4.33. The molecular formula is C22H23N3O3. The summed E-state index contributed by atoms with van der Waals surface area (Å²) in [5.41, 5.74) is 8.81. The van der Waals surface area contributed by atoms with E-state index in [9.17, 15) is 4.79 Å². The van der Waals surface area contributed by atoms with Crippen LogP contribution in [0.1, 0.15) is 5.56 Å². The lowest BCUT2D eigenvalue weighted by molar-refractivity contribution is 0.248. The van der Waals surface area contributed by atoms with Crippen molar-refractivity contribution in [2.24, 2.45) is 0 Å². The number of nitrogens with one attached hydrogen (secondary N) is 1. The zero-order valence-electron chi connectivity index (χ0n) is 15.9. The molecule has 0 saturated heterocycles. The molecule has 2 amide bonds. The van der Waals surface area contributed by atoms with Crippen molar-refractivity contribution in [3.63, 3.8) is 0 Å². The highest BCUT2D eigenvalue weighted by atomic mass is 16.5. The molecule has 6 nitrogen and oxygen atoms in total. The van der Waals surface area contributed by atoms with Gasteiger partial charge in [0.1, 0.15) is 0 Å². The minimum Gasteiger partial charge on any atom is -0.493 e. The number of carbonyl (C=O) groups is 1. The zero-order valence-corrected chi connectivity index (χ0v) is 15.9. The summed E-state index contributed by atoms with van der Waals surface area (Å²) < 4.78 is 10.6. The summed E-state index contributed by atoms with van der Waals surface area (Å²) in [6.07, 6.45) is 0. The van der Waals surface area contributed by atoms with Gasteiger partial charge >= 0.3 is 6.03 Å². The Labute approximate surface area is 164 Å². The molecule has 0 aromatic heterocycles. The van der Waals surface area contributed by atoms with E-state index in [-0.39, 0.29) is 6.03 Å². The van der Waals surface area contributed by atoms with E-state index < -0.39 is 0 Å². The number of benzene rings is 3. The van der Waals surface area contributed by atoms with E-state index in [4.69, 9.17) is 15.2 Å². The fourth-order valence-electron chi connectivity index (χ4n) is 2.83. The average molecular weight is 377 g/mol. The molecule has 0 aliphatic heterocycles. The normalized spacial score (nSPS) is 10.2. The average Bonchev–Trinajstić information content (AvgIpc) is 2.74. The van der Waals surface area contributed by atoms with Gasteiger partial charge in [0.05, 0.1) is 25.6 Å². The third-order valence-electron chi connectivity index (χ3n) is 4.26. The Bertz CT molecular complexity index is 928. The van der Waals surface area contributed by atoms with E-state index in [1.807, 2.05) is 60.7 Å². The lowest BCUT2D eigenvalue weighted by Gasteiger charge is -2.23. The third-order valence-corrected chi connectivity index (χ3v) is 4.26. The van der Waals surface area contributed by atoms with Crippen molar-refractivity contribution < 1.29 is 14.3 Å². The number of nitrogens with zero attached hydrogens (tertiary/aromatic N) is 1. The number of amides is 2. The number of nitrogen functional groups attached to an aromatic ring is 1. The van der Waals surface area contributed by atoms with Crippen LogP contribution in [0.2, 0.25) is 0 Å². The number of hydrogen-bond acceptors (Lipinski definition) is 4. The standard InChI is InChI=1S/C22H23N3O3/c1-27-20-13-8-16(14-21(20)28-2)15-24-22(26)25(18-6-4-3-5-7-18)19-11-9-17(23)10-12-19/h3-14H,15,23H2,1-2H3,(H,24,26). The van der Waals surface area contributed by atoms with Crippen LogP contribution in [0.25, 0.3) is 0 Å². The van der Waals surface area contributed by atoms with Gasteiger partial charge in [0.2, 0.25) is 0 Å². The van der Waals surface area contributed by atoms with Gasteiger partial charge in [-0.05, 0) is 54.1 Å². The number of anilines is 3. The molecule has 3 rings (SSSR count). The molecule has 3 N–H and O–H groups in total. The Morgan fingerprint density at radius 2 is 1.54 bits per heavy atom. The van der Waals surface area contributed by atoms with Crippen LogP contribution >= 0.6 is 0 Å². The first kappa shape index (κ1) is 19.1. The lowest BCUT2D eigenvalue weighted by atomic mass is 10.2. The number of urea groups is 1. The summed E-state index contributed by atoms with van der Waals surface area (Å²) in [4.78, 5) is 14.6. The highest BCUT2D eigenvalue weighted by Crippen LogP contribution is 2.28. The summed E-state index contributed by atoms with van der Waals surface area (Å²) in [5.74, 6) is 1.26. The molecule has 0 heterocycles. The van der Waals surface area contributed by atoms with Gasteiger partial charge in [0, 0.05) is 12.2 Å². The Morgan fingerprint density at radius 1 is 0.893 bits per heavy atom. The van der Waals surface area contributed by atoms with Crippen LogP contribution in [-0.2, 0) is 6.54 Å². The van der Waals surface area contributed by atoms with Crippen LogP contribution < -0.4 is 25.4 Å². The van der Waals surface area contributed by atoms with Crippen molar-refractivity contribution in [1.29, 1.82) is 0 Å². The van der Waals surface area contributed by atoms with E-state index in [1.54, 1.807) is 31.3 Å². The van der Waals surface area contributed by atoms with E-state index >= 15 is 0 Å². The van der Waals surface area contributed by atoms with E-state index in [0.717, 1.165) is 16.9 Å². The maximum absolute atomic E-state index is 13.0. The first-order chi connectivity index (χ1) is 13.6. The molecule has 0 spiro atoms. The molecule has 144 valence electrons. The fraction of sp³-hybridized carbons (Fsp3) is 0.136. The first-order valence-corrected chi connectivity index (χ1v) is 8.82. The van der Waals surface area contributed by atoms with Crippen LogP contribution in [0.3, 0.4) is 0 Å². The van der Waals surface area contributed by atoms with Gasteiger partial charge in [-0.2, -0.15) is 0 Å². The topological polar surface area (TPSA) is 76.8 Å². The van der Waals surface area contributed by atoms with Crippen LogP contribution in [0, 0.1) is 0 Å². The van der Waals surface area contributed by atoms with Crippen LogP contribution in [0.15, 0.2) is 72.8 Å². The van der Waals surface area contributed by atoms with E-state index in [0.29, 0.717) is 23.7 Å². The summed E-state index contributed by atoms with van der Waals surface area (Å²) in [5, 5.41) is 2.96. The maximum atomic E-state index is 13.0. The minimum atomic E-state index is -0.245. The van der Waals surface area contributed by atoms with Crippen molar-refractivity contribution in [2.75, 3.05) is 24.9 Å². The molecule has 0 atom stereocenters. The summed E-state index contributed by atoms with van der Waals surface area (Å²) in [6.45, 7) is 0.345. The van der Waals surface area contributed by atoms with Gasteiger partial charge < -0.3 is 20.5 Å². The van der Waals surface area contributed by atoms with Gasteiger partial charge in [0.25, 0.3) is 0 Å². The van der Waals surface area contributed by atoms with Crippen molar-refractivity contribution in [1.82, 2.24) is 5.32 Å². The number of hydrogen-bond donors (Lipinski definition) is 2. The molecule has 0 aliphatic rings. The lowest BCUT2D eigenvalue weighted by Crippen LogP contribution is -2.36. The number of methoxy groups -OCH3 is 2. The Kier molecular flexibility index (Phi) is 6.01. The molecule has 3 aromatic carbocycles. The summed E-state index contributed by atoms with van der Waals surface area (Å²) in [7, 11) is 3.17. The summed E-state index contributed by atoms with van der Waals surface area (Å²) in [6, 6.07) is 21.9. The molecule has 0 bridgehead atoms. The second-order valence-corrected chi connectivity index (χ2v) is 6.11. The molecular weight excluding hydrogens is 354 g/mol. The molecule has 3 aromatic rings. The quantitative estimate of drug-likeness (QED) is 0.627. The number of rotatable bonds is 6. The fourth-order valence-corrected chi connectivity index (χ4v) is 2.83. The SMILES string of the molecule is COc1ccc(CNC(=O)N(c2ccccc2)c2ccc(N)cc2)cc1OC. The Morgan fingerprint density at radius 3 is 2.18 bits per heavy atom. The van der Waals surface area contributed by atoms with E-state index in [1.165, 1.54) is 0 Å². The van der Waals surface area contributed by atoms with Crippen LogP contribution in [-0.4, -0.2) is 20.3 Å². The molecule has 6 heteroatoms. The third kappa shape index (κ3) is 4.35. The van der Waals surface area contributed by atoms with Crippen LogP contribution in [0.5, 0.6) is 11.5 Å². The van der Waals surface area contributed by atoms with Crippen molar-refractivity contribution >= 4 is 23.1 Å². The molecule has 0 unspecified atom stereocenters. The molecule has 0 radical (unpaired) electrons. The number of ether oxygens (including phenoxy) is 2. The number of carbonyl (C=O) groups excluding carboxylic acids is 1. The van der Waals surface area contributed by atoms with Crippen molar-refractivity contribution in [3.05, 3.63) is 78.4 Å². The van der Waals surface area contributed by atoms with Gasteiger partial charge in [0.15, 0.2) is 11.5 Å². The molecule has 0 fully saturated rings. The molecule has 0 aliphatic carbocycles. The predicted molar refractivity (Wildman–Crippen MR) is 111 cm³/mol. The number of para-hydroxylation sites is 1. The van der Waals surface area contributed by atoms with E-state index in [2.05, 4.69) is 5.32 Å². The van der Waals surface area contributed by atoms with Gasteiger partial charge in [-0.25, -0.2) is 4.79 Å². The van der Waals surface area contributed by atoms with Gasteiger partial charge in [-0.15, -0.1) is 0 Å². The molecule has 0 saturated carbocycles. The monoisotopic (exact) mass is 377 g/mol.